The van der Waals surface area contributed by atoms with E-state index in [4.69, 9.17) is 9.40 Å². The Kier molecular flexibility index (Phi) is 5.50. The van der Waals surface area contributed by atoms with Gasteiger partial charge >= 0.3 is 12.2 Å². The van der Waals surface area contributed by atoms with Crippen LogP contribution >= 0.6 is 0 Å². The number of amides is 2. The summed E-state index contributed by atoms with van der Waals surface area (Å²) in [6.45, 7) is 1.87. The Labute approximate surface area is 205 Å². The number of benzene rings is 1. The molecule has 3 aliphatic heterocycles. The van der Waals surface area contributed by atoms with Crippen LogP contribution in [0.5, 0.6) is 0 Å². The molecule has 0 spiro atoms. The number of pyridine rings is 1. The second kappa shape index (κ2) is 8.72. The quantitative estimate of drug-likeness (QED) is 0.539. The Balaban J connectivity index is 1.28. The van der Waals surface area contributed by atoms with Crippen molar-refractivity contribution < 1.29 is 22.4 Å². The molecule has 36 heavy (non-hydrogen) atoms. The second-order valence-corrected chi connectivity index (χ2v) is 9.47. The lowest BCUT2D eigenvalue weighted by atomic mass is 9.97. The highest BCUT2D eigenvalue weighted by Gasteiger charge is 2.43. The molecule has 3 aromatic rings. The predicted octanol–water partition coefficient (Wildman–Crippen LogP) is 5.15. The first kappa shape index (κ1) is 22.7. The van der Waals surface area contributed by atoms with Gasteiger partial charge in [-0.3, -0.25) is 4.90 Å². The molecule has 1 N–H and O–H groups in total. The van der Waals surface area contributed by atoms with Crippen molar-refractivity contribution in [3.8, 4) is 11.3 Å². The number of halogens is 3. The normalized spacial score (nSPS) is 21.5. The van der Waals surface area contributed by atoms with Crippen LogP contribution in [-0.4, -0.2) is 54.4 Å². The second-order valence-electron chi connectivity index (χ2n) is 9.47. The highest BCUT2D eigenvalue weighted by atomic mass is 19.4. The summed E-state index contributed by atoms with van der Waals surface area (Å²) in [7, 11) is 0. The van der Waals surface area contributed by atoms with Gasteiger partial charge in [-0.05, 0) is 43.5 Å². The van der Waals surface area contributed by atoms with Gasteiger partial charge in [0, 0.05) is 37.4 Å². The van der Waals surface area contributed by atoms with Crippen molar-refractivity contribution in [3.63, 3.8) is 0 Å². The summed E-state index contributed by atoms with van der Waals surface area (Å²) in [5, 5.41) is 2.97. The third-order valence-corrected chi connectivity index (χ3v) is 7.19. The van der Waals surface area contributed by atoms with Crippen LogP contribution in [-0.2, 0) is 0 Å². The van der Waals surface area contributed by atoms with Crippen LogP contribution in [0.25, 0.3) is 11.3 Å². The molecule has 1 aromatic carbocycles. The van der Waals surface area contributed by atoms with Crippen LogP contribution in [0.4, 0.5) is 41.0 Å². The minimum absolute atomic E-state index is 0.0676. The lowest BCUT2D eigenvalue weighted by Crippen LogP contribution is -2.48. The van der Waals surface area contributed by atoms with Crippen molar-refractivity contribution in [3.05, 3.63) is 49.0 Å². The van der Waals surface area contributed by atoms with E-state index >= 15 is 0 Å². The van der Waals surface area contributed by atoms with Crippen LogP contribution in [0.1, 0.15) is 19.3 Å². The molecule has 188 valence electrons. The number of carbonyl (C=O) groups excluding carboxylic acids is 1. The van der Waals surface area contributed by atoms with Gasteiger partial charge in [0.15, 0.2) is 18.0 Å². The topological polar surface area (TPSA) is 77.7 Å². The lowest BCUT2D eigenvalue weighted by Gasteiger charge is -2.38. The molecular formula is C25H25F3N6O2. The third-order valence-electron chi connectivity index (χ3n) is 7.19. The minimum atomic E-state index is -4.23. The van der Waals surface area contributed by atoms with Gasteiger partial charge in [-0.15, -0.1) is 0 Å². The molecule has 2 amide bonds. The number of hydrogen-bond donors (Lipinski definition) is 1. The van der Waals surface area contributed by atoms with Crippen molar-refractivity contribution >= 4 is 29.0 Å². The smallest absolute Gasteiger partial charge is 0.393 e. The number of fused-ring (bicyclic) bond motifs is 4. The Hall–Kier alpha value is -3.76. The fourth-order valence-electron chi connectivity index (χ4n) is 5.38. The Morgan fingerprint density at radius 2 is 1.97 bits per heavy atom. The van der Waals surface area contributed by atoms with Gasteiger partial charge in [0.05, 0.1) is 23.8 Å². The molecule has 0 radical (unpaired) electrons. The molecular weight excluding hydrogens is 473 g/mol. The summed E-state index contributed by atoms with van der Waals surface area (Å²) in [5.74, 6) is 0.167. The van der Waals surface area contributed by atoms with Gasteiger partial charge in [-0.25, -0.2) is 14.8 Å². The van der Waals surface area contributed by atoms with Crippen LogP contribution in [0.2, 0.25) is 0 Å². The van der Waals surface area contributed by atoms with Gasteiger partial charge in [0.25, 0.3) is 0 Å². The van der Waals surface area contributed by atoms with Crippen LogP contribution < -0.4 is 20.0 Å². The maximum Gasteiger partial charge on any atom is 0.393 e. The summed E-state index contributed by atoms with van der Waals surface area (Å²) in [4.78, 5) is 27.8. The molecule has 2 atom stereocenters. The standard InChI is InChI=1S/C25H25F3N6O2/c26-25(27,28)17-4-2-9-33(13-17)22-7-6-20-23(31-22)34(19-8-10-32(20)14-19)24(35)30-18-5-1-3-16(11-18)21-12-29-15-36-21/h1,3,5-7,11-12,15,17,19H,2,4,8-10,13-14H2,(H,30,35)/t17-,19?/m0/s1. The highest BCUT2D eigenvalue weighted by molar-refractivity contribution is 6.05. The van der Waals surface area contributed by atoms with E-state index in [0.717, 1.165) is 24.2 Å². The number of rotatable bonds is 3. The zero-order valence-electron chi connectivity index (χ0n) is 19.4. The summed E-state index contributed by atoms with van der Waals surface area (Å²) in [6, 6.07) is 10.5. The first-order valence-corrected chi connectivity index (χ1v) is 12.0. The fourth-order valence-corrected chi connectivity index (χ4v) is 5.38. The monoisotopic (exact) mass is 498 g/mol. The molecule has 3 aliphatic rings. The molecule has 2 saturated heterocycles. The number of hydrogen-bond acceptors (Lipinski definition) is 6. The van der Waals surface area contributed by atoms with Crippen LogP contribution in [0.15, 0.2) is 53.4 Å². The van der Waals surface area contributed by atoms with Crippen molar-refractivity contribution in [1.29, 1.82) is 0 Å². The molecule has 11 heteroatoms. The number of nitrogens with zero attached hydrogens (tertiary/aromatic N) is 5. The number of urea groups is 1. The van der Waals surface area contributed by atoms with Crippen LogP contribution in [0.3, 0.4) is 0 Å². The Bertz CT molecular complexity index is 1260. The minimum Gasteiger partial charge on any atom is -0.444 e. The predicted molar refractivity (Wildman–Crippen MR) is 129 cm³/mol. The first-order chi connectivity index (χ1) is 17.4. The maximum atomic E-state index is 13.5. The van der Waals surface area contributed by atoms with Gasteiger partial charge in [0.1, 0.15) is 5.82 Å². The molecule has 0 saturated carbocycles. The van der Waals surface area contributed by atoms with Gasteiger partial charge < -0.3 is 19.5 Å². The van der Waals surface area contributed by atoms with E-state index in [1.165, 1.54) is 6.39 Å². The molecule has 5 heterocycles. The molecule has 2 aromatic heterocycles. The summed E-state index contributed by atoms with van der Waals surface area (Å²) in [6.07, 6.45) is 0.0801. The van der Waals surface area contributed by atoms with E-state index in [-0.39, 0.29) is 25.0 Å². The van der Waals surface area contributed by atoms with Gasteiger partial charge in [-0.2, -0.15) is 13.2 Å². The number of piperidine rings is 1. The number of aromatic nitrogens is 2. The van der Waals surface area contributed by atoms with E-state index in [1.807, 2.05) is 18.2 Å². The summed E-state index contributed by atoms with van der Waals surface area (Å²) in [5.41, 5.74) is 2.19. The van der Waals surface area contributed by atoms with E-state index in [0.29, 0.717) is 42.6 Å². The maximum absolute atomic E-state index is 13.5. The molecule has 1 unspecified atom stereocenters. The zero-order valence-corrected chi connectivity index (χ0v) is 19.4. The zero-order chi connectivity index (χ0) is 24.9. The van der Waals surface area contributed by atoms with E-state index < -0.39 is 12.1 Å². The van der Waals surface area contributed by atoms with Gasteiger partial charge in [-0.1, -0.05) is 12.1 Å². The Morgan fingerprint density at radius 3 is 2.78 bits per heavy atom. The summed E-state index contributed by atoms with van der Waals surface area (Å²) < 4.78 is 45.5. The summed E-state index contributed by atoms with van der Waals surface area (Å²) >= 11 is 0. The SMILES string of the molecule is O=C(Nc1cccc(-c2cnco2)c1)N1c2nc(N3CCC[C@H](C(F)(F)F)C3)ccc2N2CCC1C2. The van der Waals surface area contributed by atoms with Crippen molar-refractivity contribution in [2.75, 3.05) is 46.2 Å². The van der Waals surface area contributed by atoms with Crippen molar-refractivity contribution in [1.82, 2.24) is 9.97 Å². The van der Waals surface area contributed by atoms with E-state index in [2.05, 4.69) is 15.2 Å². The largest absolute Gasteiger partial charge is 0.444 e. The van der Waals surface area contributed by atoms with E-state index in [1.54, 1.807) is 34.2 Å². The first-order valence-electron chi connectivity index (χ1n) is 12.0. The Morgan fingerprint density at radius 1 is 1.08 bits per heavy atom. The average molecular weight is 499 g/mol. The number of alkyl halides is 3. The number of carbonyl (C=O) groups is 1. The highest BCUT2D eigenvalue weighted by Crippen LogP contribution is 2.41. The number of oxazole rings is 1. The van der Waals surface area contributed by atoms with Crippen molar-refractivity contribution in [2.24, 2.45) is 5.92 Å². The average Bonchev–Trinajstić information content (AvgIpc) is 3.55. The molecule has 8 nitrogen and oxygen atoms in total. The molecule has 2 bridgehead atoms. The third kappa shape index (κ3) is 4.12. The lowest BCUT2D eigenvalue weighted by molar-refractivity contribution is -0.176. The molecule has 6 rings (SSSR count). The molecule has 0 aliphatic carbocycles. The van der Waals surface area contributed by atoms with Gasteiger partial charge in [0.2, 0.25) is 0 Å². The van der Waals surface area contributed by atoms with Crippen molar-refractivity contribution in [2.45, 2.75) is 31.5 Å². The fraction of sp³-hybridized carbons (Fsp3) is 0.400. The van der Waals surface area contributed by atoms with Crippen LogP contribution in [0, 0.1) is 5.92 Å². The number of anilines is 4. The molecule has 2 fully saturated rings. The number of nitrogens with one attached hydrogen (secondary N) is 1. The van der Waals surface area contributed by atoms with E-state index in [9.17, 15) is 18.0 Å².